The fourth-order valence-electron chi connectivity index (χ4n) is 0.908. The summed E-state index contributed by atoms with van der Waals surface area (Å²) in [6.07, 6.45) is 2.14. The highest BCUT2D eigenvalue weighted by atomic mass is 32.2. The Bertz CT molecular complexity index is 345. The lowest BCUT2D eigenvalue weighted by Gasteiger charge is -2.04. The Morgan fingerprint density at radius 3 is 3.07 bits per heavy atom. The maximum atomic E-state index is 8.63. The summed E-state index contributed by atoms with van der Waals surface area (Å²) in [7, 11) is 0. The Morgan fingerprint density at radius 2 is 2.40 bits per heavy atom. The molecule has 0 saturated heterocycles. The second-order valence-electron chi connectivity index (χ2n) is 2.66. The van der Waals surface area contributed by atoms with Crippen LogP contribution in [0, 0.1) is 0 Å². The standard InChI is InChI=1S/C8H12N4O2S/c9-7(12-14)6-2-3-10-11-8(6)15-5-1-4-13/h2-3,13-14H,1,4-5H2,(H2,9,12). The van der Waals surface area contributed by atoms with E-state index in [4.69, 9.17) is 16.0 Å². The van der Waals surface area contributed by atoms with E-state index >= 15 is 0 Å². The fraction of sp³-hybridized carbons (Fsp3) is 0.375. The van der Waals surface area contributed by atoms with Crippen molar-refractivity contribution < 1.29 is 10.3 Å². The highest BCUT2D eigenvalue weighted by Gasteiger charge is 2.08. The third-order valence-corrected chi connectivity index (χ3v) is 2.68. The van der Waals surface area contributed by atoms with Gasteiger partial charge in [-0.1, -0.05) is 5.16 Å². The Hall–Kier alpha value is -1.34. The van der Waals surface area contributed by atoms with E-state index < -0.39 is 0 Å². The highest BCUT2D eigenvalue weighted by molar-refractivity contribution is 7.99. The molecule has 1 aromatic heterocycles. The quantitative estimate of drug-likeness (QED) is 0.164. The molecule has 0 aliphatic heterocycles. The molecule has 1 heterocycles. The first-order valence-electron chi connectivity index (χ1n) is 4.33. The molecule has 6 nitrogen and oxygen atoms in total. The van der Waals surface area contributed by atoms with Crippen LogP contribution >= 0.6 is 11.8 Å². The molecule has 0 radical (unpaired) electrons. The van der Waals surface area contributed by atoms with Crippen LogP contribution in [0.5, 0.6) is 0 Å². The number of amidine groups is 1. The van der Waals surface area contributed by atoms with Crippen molar-refractivity contribution in [2.24, 2.45) is 10.9 Å². The molecule has 0 fully saturated rings. The number of oxime groups is 1. The molecule has 0 amide bonds. The van der Waals surface area contributed by atoms with Crippen LogP contribution in [-0.2, 0) is 0 Å². The average Bonchev–Trinajstić information content (AvgIpc) is 2.29. The Balaban J connectivity index is 2.77. The maximum absolute atomic E-state index is 8.63. The predicted octanol–water partition coefficient (Wildman–Crippen LogP) is 0.0456. The molecule has 1 rings (SSSR count). The van der Waals surface area contributed by atoms with E-state index in [2.05, 4.69) is 15.4 Å². The third-order valence-electron chi connectivity index (χ3n) is 1.61. The van der Waals surface area contributed by atoms with Crippen molar-refractivity contribution in [3.05, 3.63) is 17.8 Å². The van der Waals surface area contributed by atoms with Gasteiger partial charge in [-0.25, -0.2) is 0 Å². The minimum Gasteiger partial charge on any atom is -0.409 e. The summed E-state index contributed by atoms with van der Waals surface area (Å²) in [5.41, 5.74) is 6.02. The molecule has 0 aliphatic rings. The largest absolute Gasteiger partial charge is 0.409 e. The summed E-state index contributed by atoms with van der Waals surface area (Å²) < 4.78 is 0. The normalized spacial score (nSPS) is 11.7. The van der Waals surface area contributed by atoms with Crippen molar-refractivity contribution in [2.75, 3.05) is 12.4 Å². The summed E-state index contributed by atoms with van der Waals surface area (Å²) in [4.78, 5) is 0. The first kappa shape index (κ1) is 11.7. The second kappa shape index (κ2) is 6.20. The number of nitrogens with zero attached hydrogens (tertiary/aromatic N) is 3. The topological polar surface area (TPSA) is 105 Å². The van der Waals surface area contributed by atoms with Gasteiger partial charge < -0.3 is 16.0 Å². The number of aliphatic hydroxyl groups excluding tert-OH is 1. The number of aromatic nitrogens is 2. The van der Waals surface area contributed by atoms with Gasteiger partial charge in [0.25, 0.3) is 0 Å². The zero-order valence-corrected chi connectivity index (χ0v) is 8.81. The van der Waals surface area contributed by atoms with Crippen molar-refractivity contribution in [3.63, 3.8) is 0 Å². The Labute approximate surface area is 91.2 Å². The number of thioether (sulfide) groups is 1. The van der Waals surface area contributed by atoms with Gasteiger partial charge in [0.05, 0.1) is 11.8 Å². The summed E-state index contributed by atoms with van der Waals surface area (Å²) in [6, 6.07) is 1.63. The van der Waals surface area contributed by atoms with Crippen LogP contribution in [0.1, 0.15) is 12.0 Å². The van der Waals surface area contributed by atoms with Gasteiger partial charge in [-0.2, -0.15) is 5.10 Å². The number of aliphatic hydroxyl groups is 1. The lowest BCUT2D eigenvalue weighted by atomic mass is 10.3. The molecule has 15 heavy (non-hydrogen) atoms. The Kier molecular flexibility index (Phi) is 4.85. The molecule has 82 valence electrons. The van der Waals surface area contributed by atoms with Gasteiger partial charge in [0.1, 0.15) is 5.03 Å². The SMILES string of the molecule is N/C(=N/O)c1ccnnc1SCCCO. The molecule has 0 aromatic carbocycles. The molecule has 7 heteroatoms. The molecule has 0 saturated carbocycles. The van der Waals surface area contributed by atoms with Crippen LogP contribution < -0.4 is 5.73 Å². The third kappa shape index (κ3) is 3.37. The van der Waals surface area contributed by atoms with Gasteiger partial charge in [0.15, 0.2) is 5.84 Å². The van der Waals surface area contributed by atoms with E-state index in [1.54, 1.807) is 6.07 Å². The van der Waals surface area contributed by atoms with Crippen LogP contribution in [0.25, 0.3) is 0 Å². The van der Waals surface area contributed by atoms with Gasteiger partial charge in [-0.15, -0.1) is 16.9 Å². The molecule has 0 aliphatic carbocycles. The number of hydrogen-bond donors (Lipinski definition) is 3. The fourth-order valence-corrected chi connectivity index (χ4v) is 1.81. The van der Waals surface area contributed by atoms with E-state index in [1.165, 1.54) is 18.0 Å². The monoisotopic (exact) mass is 228 g/mol. The molecule has 0 atom stereocenters. The highest BCUT2D eigenvalue weighted by Crippen LogP contribution is 2.19. The first-order chi connectivity index (χ1) is 7.29. The van der Waals surface area contributed by atoms with E-state index in [0.717, 1.165) is 0 Å². The van der Waals surface area contributed by atoms with Crippen LogP contribution in [0.15, 0.2) is 22.4 Å². The Morgan fingerprint density at radius 1 is 1.60 bits per heavy atom. The summed E-state index contributed by atoms with van der Waals surface area (Å²) >= 11 is 1.41. The van der Waals surface area contributed by atoms with Crippen molar-refractivity contribution >= 4 is 17.6 Å². The van der Waals surface area contributed by atoms with Gasteiger partial charge in [-0.3, -0.25) is 0 Å². The van der Waals surface area contributed by atoms with Crippen LogP contribution in [0.4, 0.5) is 0 Å². The minimum atomic E-state index is 0.0106. The summed E-state index contributed by atoms with van der Waals surface area (Å²) in [5, 5.41) is 28.3. The maximum Gasteiger partial charge on any atom is 0.172 e. The predicted molar refractivity (Wildman–Crippen MR) is 57.0 cm³/mol. The van der Waals surface area contributed by atoms with Crippen LogP contribution in [-0.4, -0.2) is 38.7 Å². The minimum absolute atomic E-state index is 0.0106. The second-order valence-corrected chi connectivity index (χ2v) is 3.74. The number of rotatable bonds is 5. The van der Waals surface area contributed by atoms with Gasteiger partial charge >= 0.3 is 0 Å². The first-order valence-corrected chi connectivity index (χ1v) is 5.31. The van der Waals surface area contributed by atoms with Crippen molar-refractivity contribution in [1.82, 2.24) is 10.2 Å². The lowest BCUT2D eigenvalue weighted by Crippen LogP contribution is -2.15. The summed E-state index contributed by atoms with van der Waals surface area (Å²) in [5.74, 6) is 0.720. The van der Waals surface area contributed by atoms with Crippen LogP contribution in [0.2, 0.25) is 0 Å². The molecule has 4 N–H and O–H groups in total. The van der Waals surface area contributed by atoms with Crippen molar-refractivity contribution in [1.29, 1.82) is 0 Å². The zero-order valence-electron chi connectivity index (χ0n) is 8.00. The van der Waals surface area contributed by atoms with Gasteiger partial charge in [0.2, 0.25) is 0 Å². The molecular weight excluding hydrogens is 216 g/mol. The molecule has 0 spiro atoms. The lowest BCUT2D eigenvalue weighted by molar-refractivity contribution is 0.296. The van der Waals surface area contributed by atoms with Crippen molar-refractivity contribution in [3.8, 4) is 0 Å². The van der Waals surface area contributed by atoms with Crippen LogP contribution in [0.3, 0.4) is 0 Å². The average molecular weight is 228 g/mol. The van der Waals surface area contributed by atoms with Gasteiger partial charge in [0, 0.05) is 12.4 Å². The molecule has 1 aromatic rings. The number of hydrogen-bond acceptors (Lipinski definition) is 6. The van der Waals surface area contributed by atoms with E-state index in [9.17, 15) is 0 Å². The molecule has 0 bridgehead atoms. The van der Waals surface area contributed by atoms with E-state index in [0.29, 0.717) is 22.8 Å². The van der Waals surface area contributed by atoms with Gasteiger partial charge in [-0.05, 0) is 12.5 Å². The number of nitrogens with two attached hydrogens (primary N) is 1. The zero-order chi connectivity index (χ0) is 11.1. The molecular formula is C8H12N4O2S. The molecule has 0 unspecified atom stereocenters. The van der Waals surface area contributed by atoms with Crippen molar-refractivity contribution in [2.45, 2.75) is 11.4 Å². The van der Waals surface area contributed by atoms with E-state index in [1.807, 2.05) is 0 Å². The van der Waals surface area contributed by atoms with E-state index in [-0.39, 0.29) is 12.4 Å². The summed E-state index contributed by atoms with van der Waals surface area (Å²) in [6.45, 7) is 0.131. The smallest absolute Gasteiger partial charge is 0.172 e.